The van der Waals surface area contributed by atoms with Crippen molar-refractivity contribution in [2.45, 2.75) is 31.6 Å². The molecule has 0 fully saturated rings. The van der Waals surface area contributed by atoms with Gasteiger partial charge in [-0.15, -0.1) is 11.8 Å². The SMILES string of the molecule is Cc1ccc(NC(=O)CSC(C)(C)[C@H](N)C(=O)O)cc1. The van der Waals surface area contributed by atoms with Crippen molar-refractivity contribution in [2.75, 3.05) is 11.1 Å². The second kappa shape index (κ2) is 6.76. The van der Waals surface area contributed by atoms with Crippen molar-refractivity contribution in [3.63, 3.8) is 0 Å². The topological polar surface area (TPSA) is 92.4 Å². The summed E-state index contributed by atoms with van der Waals surface area (Å²) in [6.45, 7) is 5.41. The third-order valence-electron chi connectivity index (χ3n) is 2.93. The van der Waals surface area contributed by atoms with Gasteiger partial charge in [-0.25, -0.2) is 0 Å². The fourth-order valence-corrected chi connectivity index (χ4v) is 2.33. The van der Waals surface area contributed by atoms with Crippen LogP contribution in [0.1, 0.15) is 19.4 Å². The molecule has 0 saturated heterocycles. The Kier molecular flexibility index (Phi) is 5.59. The molecular formula is C14H20N2O3S. The first-order valence-electron chi connectivity index (χ1n) is 6.21. The second-order valence-electron chi connectivity index (χ2n) is 5.12. The summed E-state index contributed by atoms with van der Waals surface area (Å²) in [6.07, 6.45) is 0. The number of benzene rings is 1. The van der Waals surface area contributed by atoms with E-state index in [1.807, 2.05) is 31.2 Å². The summed E-state index contributed by atoms with van der Waals surface area (Å²) in [5, 5.41) is 11.7. The van der Waals surface area contributed by atoms with Crippen LogP contribution in [0, 0.1) is 6.92 Å². The van der Waals surface area contributed by atoms with Crippen molar-refractivity contribution in [1.29, 1.82) is 0 Å². The lowest BCUT2D eigenvalue weighted by Gasteiger charge is -2.27. The first kappa shape index (κ1) is 16.5. The third kappa shape index (κ3) is 4.86. The highest BCUT2D eigenvalue weighted by Crippen LogP contribution is 2.27. The van der Waals surface area contributed by atoms with Crippen LogP contribution in [0.15, 0.2) is 24.3 Å². The number of carbonyl (C=O) groups excluding carboxylic acids is 1. The van der Waals surface area contributed by atoms with Crippen LogP contribution in [0.4, 0.5) is 5.69 Å². The summed E-state index contributed by atoms with van der Waals surface area (Å²) >= 11 is 1.23. The Morgan fingerprint density at radius 2 is 1.90 bits per heavy atom. The smallest absolute Gasteiger partial charge is 0.321 e. The Bertz CT molecular complexity index is 486. The van der Waals surface area contributed by atoms with E-state index in [0.717, 1.165) is 11.3 Å². The van der Waals surface area contributed by atoms with E-state index < -0.39 is 16.8 Å². The monoisotopic (exact) mass is 296 g/mol. The number of hydrogen-bond donors (Lipinski definition) is 3. The molecule has 0 saturated carbocycles. The van der Waals surface area contributed by atoms with E-state index in [1.165, 1.54) is 11.8 Å². The van der Waals surface area contributed by atoms with Gasteiger partial charge < -0.3 is 16.2 Å². The highest BCUT2D eigenvalue weighted by Gasteiger charge is 2.33. The minimum Gasteiger partial charge on any atom is -0.480 e. The molecule has 1 aromatic carbocycles. The van der Waals surface area contributed by atoms with Gasteiger partial charge in [-0.3, -0.25) is 9.59 Å². The molecule has 0 aliphatic heterocycles. The number of nitrogens with one attached hydrogen (secondary N) is 1. The fourth-order valence-electron chi connectivity index (χ4n) is 1.47. The number of thioether (sulfide) groups is 1. The van der Waals surface area contributed by atoms with Crippen LogP contribution in [-0.4, -0.2) is 33.5 Å². The molecule has 0 bridgehead atoms. The van der Waals surface area contributed by atoms with Gasteiger partial charge in [0.25, 0.3) is 0 Å². The van der Waals surface area contributed by atoms with E-state index in [0.29, 0.717) is 0 Å². The molecule has 0 aromatic heterocycles. The quantitative estimate of drug-likeness (QED) is 0.745. The average molecular weight is 296 g/mol. The molecule has 1 rings (SSSR count). The molecule has 0 unspecified atom stereocenters. The van der Waals surface area contributed by atoms with E-state index in [9.17, 15) is 9.59 Å². The molecule has 1 amide bonds. The van der Waals surface area contributed by atoms with Crippen LogP contribution in [-0.2, 0) is 9.59 Å². The Morgan fingerprint density at radius 1 is 1.35 bits per heavy atom. The summed E-state index contributed by atoms with van der Waals surface area (Å²) in [5.41, 5.74) is 7.44. The number of carbonyl (C=O) groups is 2. The molecule has 0 aliphatic carbocycles. The Balaban J connectivity index is 2.51. The summed E-state index contributed by atoms with van der Waals surface area (Å²) in [7, 11) is 0. The number of aryl methyl sites for hydroxylation is 1. The number of hydrogen-bond acceptors (Lipinski definition) is 4. The van der Waals surface area contributed by atoms with E-state index in [2.05, 4.69) is 5.32 Å². The first-order valence-corrected chi connectivity index (χ1v) is 7.20. The number of carboxylic acid groups (broad SMARTS) is 1. The van der Waals surface area contributed by atoms with Gasteiger partial charge in [0.2, 0.25) is 5.91 Å². The van der Waals surface area contributed by atoms with Crippen molar-refractivity contribution in [3.8, 4) is 0 Å². The predicted octanol–water partition coefficient (Wildman–Crippen LogP) is 1.86. The van der Waals surface area contributed by atoms with Gasteiger partial charge in [0, 0.05) is 10.4 Å². The van der Waals surface area contributed by atoms with E-state index in [1.54, 1.807) is 13.8 Å². The number of amides is 1. The Labute approximate surface area is 122 Å². The van der Waals surface area contributed by atoms with E-state index >= 15 is 0 Å². The maximum absolute atomic E-state index is 11.8. The Hall–Kier alpha value is -1.53. The van der Waals surface area contributed by atoms with Crippen LogP contribution in [0.25, 0.3) is 0 Å². The van der Waals surface area contributed by atoms with Crippen LogP contribution in [0.5, 0.6) is 0 Å². The van der Waals surface area contributed by atoms with Crippen LogP contribution in [0.3, 0.4) is 0 Å². The van der Waals surface area contributed by atoms with Crippen LogP contribution < -0.4 is 11.1 Å². The zero-order valence-electron chi connectivity index (χ0n) is 11.8. The lowest BCUT2D eigenvalue weighted by Crippen LogP contribution is -2.47. The second-order valence-corrected chi connectivity index (χ2v) is 6.75. The van der Waals surface area contributed by atoms with Crippen molar-refractivity contribution in [2.24, 2.45) is 5.73 Å². The molecule has 6 heteroatoms. The van der Waals surface area contributed by atoms with Gasteiger partial charge in [-0.2, -0.15) is 0 Å². The molecule has 0 aliphatic rings. The van der Waals surface area contributed by atoms with Crippen molar-refractivity contribution < 1.29 is 14.7 Å². The van der Waals surface area contributed by atoms with E-state index in [-0.39, 0.29) is 11.7 Å². The molecule has 0 spiro atoms. The molecule has 1 aromatic rings. The Morgan fingerprint density at radius 3 is 2.40 bits per heavy atom. The van der Waals surface area contributed by atoms with Gasteiger partial charge in [-0.05, 0) is 32.9 Å². The molecule has 0 heterocycles. The van der Waals surface area contributed by atoms with Crippen LogP contribution >= 0.6 is 11.8 Å². The van der Waals surface area contributed by atoms with Gasteiger partial charge >= 0.3 is 5.97 Å². The zero-order chi connectivity index (χ0) is 15.3. The highest BCUT2D eigenvalue weighted by molar-refractivity contribution is 8.01. The number of rotatable bonds is 6. The lowest BCUT2D eigenvalue weighted by molar-refractivity contribution is -0.139. The molecule has 4 N–H and O–H groups in total. The van der Waals surface area contributed by atoms with Gasteiger partial charge in [0.05, 0.1) is 5.75 Å². The largest absolute Gasteiger partial charge is 0.480 e. The normalized spacial score (nSPS) is 12.8. The number of nitrogens with two attached hydrogens (primary N) is 1. The zero-order valence-corrected chi connectivity index (χ0v) is 12.7. The lowest BCUT2D eigenvalue weighted by atomic mass is 10.1. The van der Waals surface area contributed by atoms with Gasteiger partial charge in [0.1, 0.15) is 6.04 Å². The van der Waals surface area contributed by atoms with Gasteiger partial charge in [0.15, 0.2) is 0 Å². The number of anilines is 1. The third-order valence-corrected chi connectivity index (χ3v) is 4.33. The predicted molar refractivity (Wildman–Crippen MR) is 82.0 cm³/mol. The summed E-state index contributed by atoms with van der Waals surface area (Å²) < 4.78 is -0.712. The van der Waals surface area contributed by atoms with Crippen molar-refractivity contribution in [3.05, 3.63) is 29.8 Å². The van der Waals surface area contributed by atoms with E-state index in [4.69, 9.17) is 10.8 Å². The van der Waals surface area contributed by atoms with Crippen LogP contribution in [0.2, 0.25) is 0 Å². The van der Waals surface area contributed by atoms with Gasteiger partial charge in [-0.1, -0.05) is 17.7 Å². The summed E-state index contributed by atoms with van der Waals surface area (Å²) in [5.74, 6) is -1.09. The molecule has 20 heavy (non-hydrogen) atoms. The van der Waals surface area contributed by atoms with Crippen molar-refractivity contribution in [1.82, 2.24) is 0 Å². The molecular weight excluding hydrogens is 276 g/mol. The maximum Gasteiger partial charge on any atom is 0.321 e. The standard InChI is InChI=1S/C14H20N2O3S/c1-9-4-6-10(7-5-9)16-11(17)8-20-14(2,3)12(15)13(18)19/h4-7,12H,8,15H2,1-3H3,(H,16,17)(H,18,19)/t12-/m1/s1. The average Bonchev–Trinajstić information content (AvgIpc) is 2.38. The number of aliphatic carboxylic acids is 1. The number of carboxylic acids is 1. The summed E-state index contributed by atoms with van der Waals surface area (Å²) in [6, 6.07) is 6.46. The summed E-state index contributed by atoms with van der Waals surface area (Å²) in [4.78, 5) is 22.7. The molecule has 0 radical (unpaired) electrons. The first-order chi connectivity index (χ1) is 9.22. The van der Waals surface area contributed by atoms with Crippen molar-refractivity contribution >= 4 is 29.3 Å². The minimum atomic E-state index is -1.07. The fraction of sp³-hybridized carbons (Fsp3) is 0.429. The maximum atomic E-state index is 11.8. The minimum absolute atomic E-state index is 0.155. The molecule has 5 nitrogen and oxygen atoms in total. The molecule has 1 atom stereocenters. The highest BCUT2D eigenvalue weighted by atomic mass is 32.2. The molecule has 110 valence electrons.